The Hall–Kier alpha value is -2.29. The summed E-state index contributed by atoms with van der Waals surface area (Å²) in [6, 6.07) is 7.07. The van der Waals surface area contributed by atoms with E-state index in [9.17, 15) is 4.79 Å². The van der Waals surface area contributed by atoms with E-state index in [0.29, 0.717) is 11.5 Å². The lowest BCUT2D eigenvalue weighted by atomic mass is 9.95. The molecule has 0 unspecified atom stereocenters. The second kappa shape index (κ2) is 2.69. The first-order valence-electron chi connectivity index (χ1n) is 5.41. The van der Waals surface area contributed by atoms with Crippen LogP contribution in [-0.2, 0) is 4.79 Å². The van der Waals surface area contributed by atoms with Gasteiger partial charge in [0.2, 0.25) is 0 Å². The number of carbonyl (C=O) groups excluding carboxylic acids is 1. The number of carbonyl (C=O) groups is 1. The monoisotopic (exact) mass is 224 g/mol. The number of allylic oxidation sites excluding steroid dienone is 2. The SMILES string of the molecule is O=C1Oc2ccc(cc2)OC12C1=CC=C2C=C1. The lowest BCUT2D eigenvalue weighted by Gasteiger charge is -2.30. The van der Waals surface area contributed by atoms with Crippen molar-refractivity contribution in [3.63, 3.8) is 0 Å². The van der Waals surface area contributed by atoms with Crippen LogP contribution in [0.25, 0.3) is 0 Å². The van der Waals surface area contributed by atoms with Crippen LogP contribution in [0.4, 0.5) is 0 Å². The largest absolute Gasteiger partial charge is 0.466 e. The molecule has 0 aromatic heterocycles. The Balaban J connectivity index is 1.93. The molecule has 0 atom stereocenters. The van der Waals surface area contributed by atoms with Crippen LogP contribution in [0.2, 0.25) is 0 Å². The first-order chi connectivity index (χ1) is 8.29. The van der Waals surface area contributed by atoms with Gasteiger partial charge >= 0.3 is 5.97 Å². The molecule has 0 saturated heterocycles. The van der Waals surface area contributed by atoms with E-state index in [-0.39, 0.29) is 5.97 Å². The minimum Gasteiger partial charge on any atom is -0.466 e. The Morgan fingerprint density at radius 2 is 1.47 bits per heavy atom. The maximum absolute atomic E-state index is 12.3. The van der Waals surface area contributed by atoms with Gasteiger partial charge in [0.05, 0.1) is 0 Å². The first-order valence-corrected chi connectivity index (χ1v) is 5.41. The summed E-state index contributed by atoms with van der Waals surface area (Å²) in [6.45, 7) is 0. The van der Waals surface area contributed by atoms with Crippen molar-refractivity contribution in [2.75, 3.05) is 0 Å². The Kier molecular flexibility index (Phi) is 1.39. The highest BCUT2D eigenvalue weighted by molar-refractivity contribution is 5.95. The van der Waals surface area contributed by atoms with Gasteiger partial charge in [-0.05, 0) is 24.3 Å². The number of rotatable bonds is 0. The van der Waals surface area contributed by atoms with Gasteiger partial charge in [-0.1, -0.05) is 24.3 Å². The zero-order chi connectivity index (χ0) is 11.5. The van der Waals surface area contributed by atoms with Gasteiger partial charge in [0.1, 0.15) is 11.5 Å². The number of fused-ring (bicyclic) bond motifs is 3. The lowest BCUT2D eigenvalue weighted by molar-refractivity contribution is -0.145. The minimum atomic E-state index is -1.07. The standard InChI is InChI=1S/C14H8O3/c15-13-14(9-1-2-10(14)4-3-9)17-12-7-5-11(16-13)6-8-12/h1-8H. The van der Waals surface area contributed by atoms with Gasteiger partial charge < -0.3 is 9.47 Å². The zero-order valence-corrected chi connectivity index (χ0v) is 8.84. The predicted octanol–water partition coefficient (Wildman–Crippen LogP) is 2.16. The molecule has 2 aliphatic carbocycles. The molecule has 3 heteroatoms. The summed E-state index contributed by atoms with van der Waals surface area (Å²) < 4.78 is 11.2. The van der Waals surface area contributed by atoms with Crippen molar-refractivity contribution in [3.05, 3.63) is 59.7 Å². The molecule has 0 radical (unpaired) electrons. The normalized spacial score (nSPS) is 21.8. The number of hydrogen-bond acceptors (Lipinski definition) is 3. The lowest BCUT2D eigenvalue weighted by Crippen LogP contribution is -2.47. The fourth-order valence-electron chi connectivity index (χ4n) is 2.43. The second-order valence-corrected chi connectivity index (χ2v) is 4.22. The molecule has 17 heavy (non-hydrogen) atoms. The van der Waals surface area contributed by atoms with E-state index in [1.54, 1.807) is 12.1 Å². The average molecular weight is 224 g/mol. The van der Waals surface area contributed by atoms with E-state index >= 15 is 0 Å². The molecule has 3 nitrogen and oxygen atoms in total. The number of benzene rings is 1. The third kappa shape index (κ3) is 0.940. The van der Waals surface area contributed by atoms with Crippen molar-refractivity contribution in [3.8, 4) is 11.5 Å². The highest BCUT2D eigenvalue weighted by Gasteiger charge is 2.53. The van der Waals surface area contributed by atoms with Gasteiger partial charge in [-0.25, -0.2) is 4.79 Å². The first kappa shape index (κ1) is 8.82. The highest BCUT2D eigenvalue weighted by Crippen LogP contribution is 2.44. The number of hydrogen-bond donors (Lipinski definition) is 0. The summed E-state index contributed by atoms with van der Waals surface area (Å²) in [5.74, 6) is 0.848. The Morgan fingerprint density at radius 1 is 0.882 bits per heavy atom. The topological polar surface area (TPSA) is 35.5 Å². The van der Waals surface area contributed by atoms with Crippen LogP contribution in [0, 0.1) is 0 Å². The molecular formula is C14H8O3. The summed E-state index contributed by atoms with van der Waals surface area (Å²) in [5.41, 5.74) is 0.593. The fraction of sp³-hybridized carbons (Fsp3) is 0.0714. The maximum atomic E-state index is 12.3. The third-order valence-corrected chi connectivity index (χ3v) is 3.29. The summed E-state index contributed by atoms with van der Waals surface area (Å²) in [6.07, 6.45) is 7.57. The molecule has 0 N–H and O–H groups in total. The van der Waals surface area contributed by atoms with E-state index in [2.05, 4.69) is 0 Å². The summed E-state index contributed by atoms with van der Waals surface area (Å²) in [4.78, 5) is 12.3. The van der Waals surface area contributed by atoms with Gasteiger partial charge in [-0.15, -0.1) is 0 Å². The fourth-order valence-corrected chi connectivity index (χ4v) is 2.43. The molecule has 0 amide bonds. The molecule has 1 aromatic rings. The van der Waals surface area contributed by atoms with Crippen LogP contribution in [0.1, 0.15) is 0 Å². The van der Waals surface area contributed by atoms with E-state index in [1.165, 1.54) is 0 Å². The Labute approximate surface area is 97.7 Å². The predicted molar refractivity (Wildman–Crippen MR) is 60.7 cm³/mol. The summed E-state index contributed by atoms with van der Waals surface area (Å²) in [7, 11) is 0. The Bertz CT molecular complexity index is 595. The molecule has 1 aromatic carbocycles. The average Bonchev–Trinajstić information content (AvgIpc) is 2.86. The van der Waals surface area contributed by atoms with Crippen LogP contribution in [0.3, 0.4) is 0 Å². The van der Waals surface area contributed by atoms with Crippen LogP contribution in [-0.4, -0.2) is 11.6 Å². The molecule has 0 saturated carbocycles. The molecule has 5 rings (SSSR count). The van der Waals surface area contributed by atoms with Gasteiger partial charge in [0.15, 0.2) is 0 Å². The maximum Gasteiger partial charge on any atom is 0.365 e. The van der Waals surface area contributed by atoms with E-state index < -0.39 is 5.60 Å². The van der Waals surface area contributed by atoms with Crippen molar-refractivity contribution in [2.24, 2.45) is 0 Å². The van der Waals surface area contributed by atoms with Gasteiger partial charge in [-0.2, -0.15) is 0 Å². The van der Waals surface area contributed by atoms with E-state index in [4.69, 9.17) is 9.47 Å². The third-order valence-electron chi connectivity index (χ3n) is 3.29. The van der Waals surface area contributed by atoms with Crippen molar-refractivity contribution < 1.29 is 14.3 Å². The quantitative estimate of drug-likeness (QED) is 0.500. The second-order valence-electron chi connectivity index (χ2n) is 4.22. The molecule has 2 aliphatic heterocycles. The number of ether oxygens (including phenoxy) is 2. The molecular weight excluding hydrogens is 216 g/mol. The molecule has 4 bridgehead atoms. The van der Waals surface area contributed by atoms with Gasteiger partial charge in [0, 0.05) is 11.1 Å². The van der Waals surface area contributed by atoms with Gasteiger partial charge in [-0.3, -0.25) is 0 Å². The van der Waals surface area contributed by atoms with Crippen LogP contribution in [0.5, 0.6) is 11.5 Å². The van der Waals surface area contributed by atoms with E-state index in [0.717, 1.165) is 11.1 Å². The summed E-state index contributed by atoms with van der Waals surface area (Å²) >= 11 is 0. The van der Waals surface area contributed by atoms with Crippen molar-refractivity contribution >= 4 is 5.97 Å². The number of esters is 1. The minimum absolute atomic E-state index is 0.376. The van der Waals surface area contributed by atoms with Crippen LogP contribution in [0.15, 0.2) is 59.7 Å². The Morgan fingerprint density at radius 3 is 2.06 bits per heavy atom. The molecule has 2 heterocycles. The van der Waals surface area contributed by atoms with Crippen LogP contribution >= 0.6 is 0 Å². The molecule has 0 fully saturated rings. The van der Waals surface area contributed by atoms with E-state index in [1.807, 2.05) is 36.4 Å². The highest BCUT2D eigenvalue weighted by atomic mass is 16.6. The van der Waals surface area contributed by atoms with Gasteiger partial charge in [0.25, 0.3) is 5.60 Å². The molecule has 82 valence electrons. The molecule has 4 aliphatic rings. The smallest absolute Gasteiger partial charge is 0.365 e. The van der Waals surface area contributed by atoms with Crippen molar-refractivity contribution in [1.82, 2.24) is 0 Å². The zero-order valence-electron chi connectivity index (χ0n) is 8.84. The van der Waals surface area contributed by atoms with Crippen molar-refractivity contribution in [2.45, 2.75) is 5.60 Å². The van der Waals surface area contributed by atoms with Crippen LogP contribution < -0.4 is 9.47 Å². The van der Waals surface area contributed by atoms with Crippen molar-refractivity contribution in [1.29, 1.82) is 0 Å². The summed E-state index contributed by atoms with van der Waals surface area (Å²) in [5, 5.41) is 0. The molecule has 1 spiro atoms.